The summed E-state index contributed by atoms with van der Waals surface area (Å²) in [5.74, 6) is 0.280. The highest BCUT2D eigenvalue weighted by atomic mass is 79.9. The first-order chi connectivity index (χ1) is 9.40. The Morgan fingerprint density at radius 1 is 1.25 bits per heavy atom. The van der Waals surface area contributed by atoms with Crippen molar-refractivity contribution in [3.05, 3.63) is 52.6 Å². The van der Waals surface area contributed by atoms with Crippen LogP contribution in [0.3, 0.4) is 0 Å². The number of aromatic nitrogens is 1. The van der Waals surface area contributed by atoms with Crippen LogP contribution in [-0.4, -0.2) is 13.4 Å². The zero-order chi connectivity index (χ0) is 14.8. The monoisotopic (exact) mass is 355 g/mol. The van der Waals surface area contributed by atoms with Crippen molar-refractivity contribution in [1.82, 2.24) is 9.71 Å². The molecule has 3 N–H and O–H groups in total. The van der Waals surface area contributed by atoms with Crippen molar-refractivity contribution in [2.45, 2.75) is 17.9 Å². The van der Waals surface area contributed by atoms with Crippen LogP contribution >= 0.6 is 15.9 Å². The molecule has 1 unspecified atom stereocenters. The molecule has 2 rings (SSSR count). The standard InChI is InChI=1S/C13H14BrN3O2S/c1-9(11-4-2-3-5-12(11)14)17-20(18,19)10-6-7-13(15)16-8-10/h2-9,17H,1H3,(H2,15,16). The van der Waals surface area contributed by atoms with E-state index in [2.05, 4.69) is 25.6 Å². The number of sulfonamides is 1. The summed E-state index contributed by atoms with van der Waals surface area (Å²) in [5.41, 5.74) is 6.31. The maximum absolute atomic E-state index is 12.2. The Kier molecular flexibility index (Phi) is 4.42. The Morgan fingerprint density at radius 2 is 1.95 bits per heavy atom. The third-order valence-corrected chi connectivity index (χ3v) is 5.02. The molecule has 20 heavy (non-hydrogen) atoms. The van der Waals surface area contributed by atoms with Gasteiger partial charge in [-0.15, -0.1) is 0 Å². The van der Waals surface area contributed by atoms with Gasteiger partial charge in [0.2, 0.25) is 10.0 Å². The normalized spacial score (nSPS) is 13.1. The van der Waals surface area contributed by atoms with Crippen molar-refractivity contribution in [2.24, 2.45) is 0 Å². The van der Waals surface area contributed by atoms with E-state index < -0.39 is 10.0 Å². The van der Waals surface area contributed by atoms with Gasteiger partial charge in [-0.3, -0.25) is 0 Å². The van der Waals surface area contributed by atoms with Crippen molar-refractivity contribution in [2.75, 3.05) is 5.73 Å². The third kappa shape index (κ3) is 3.36. The average Bonchev–Trinajstić information content (AvgIpc) is 2.39. The van der Waals surface area contributed by atoms with E-state index in [0.717, 1.165) is 10.0 Å². The lowest BCUT2D eigenvalue weighted by atomic mass is 10.1. The van der Waals surface area contributed by atoms with Gasteiger partial charge in [0.15, 0.2) is 0 Å². The van der Waals surface area contributed by atoms with Crippen LogP contribution in [0.1, 0.15) is 18.5 Å². The van der Waals surface area contributed by atoms with Crippen LogP contribution in [0.5, 0.6) is 0 Å². The molecule has 1 atom stereocenters. The molecule has 0 aliphatic carbocycles. The summed E-state index contributed by atoms with van der Waals surface area (Å²) in [6.45, 7) is 1.78. The van der Waals surface area contributed by atoms with E-state index in [1.54, 1.807) is 6.92 Å². The van der Waals surface area contributed by atoms with Crippen LogP contribution in [0.2, 0.25) is 0 Å². The van der Waals surface area contributed by atoms with Gasteiger partial charge in [0, 0.05) is 16.7 Å². The molecule has 0 radical (unpaired) electrons. The number of nitrogens with two attached hydrogens (primary N) is 1. The summed E-state index contributed by atoms with van der Waals surface area (Å²) in [7, 11) is -3.63. The maximum atomic E-state index is 12.2. The number of anilines is 1. The summed E-state index contributed by atoms with van der Waals surface area (Å²) in [6, 6.07) is 9.97. The van der Waals surface area contributed by atoms with Gasteiger partial charge < -0.3 is 5.73 Å². The number of hydrogen-bond donors (Lipinski definition) is 2. The zero-order valence-corrected chi connectivity index (χ0v) is 13.1. The third-order valence-electron chi connectivity index (χ3n) is 2.77. The quantitative estimate of drug-likeness (QED) is 0.881. The molecule has 7 heteroatoms. The van der Waals surface area contributed by atoms with Gasteiger partial charge >= 0.3 is 0 Å². The number of nitrogens with one attached hydrogen (secondary N) is 1. The molecule has 5 nitrogen and oxygen atoms in total. The van der Waals surface area contributed by atoms with Crippen molar-refractivity contribution in [3.8, 4) is 0 Å². The van der Waals surface area contributed by atoms with Crippen LogP contribution in [0, 0.1) is 0 Å². The first-order valence-electron chi connectivity index (χ1n) is 5.88. The van der Waals surface area contributed by atoms with Crippen molar-refractivity contribution < 1.29 is 8.42 Å². The van der Waals surface area contributed by atoms with E-state index in [-0.39, 0.29) is 16.8 Å². The number of benzene rings is 1. The second kappa shape index (κ2) is 5.90. The summed E-state index contributed by atoms with van der Waals surface area (Å²) in [5, 5.41) is 0. The number of pyridine rings is 1. The van der Waals surface area contributed by atoms with E-state index in [1.807, 2.05) is 24.3 Å². The predicted molar refractivity (Wildman–Crippen MR) is 81.5 cm³/mol. The highest BCUT2D eigenvalue weighted by molar-refractivity contribution is 9.10. The van der Waals surface area contributed by atoms with Crippen LogP contribution in [0.4, 0.5) is 5.82 Å². The maximum Gasteiger partial charge on any atom is 0.242 e. The highest BCUT2D eigenvalue weighted by Crippen LogP contribution is 2.24. The molecule has 1 aromatic carbocycles. The minimum atomic E-state index is -3.63. The number of nitrogens with zero attached hydrogens (tertiary/aromatic N) is 1. The summed E-state index contributed by atoms with van der Waals surface area (Å²) < 4.78 is 27.9. The van der Waals surface area contributed by atoms with Crippen molar-refractivity contribution in [1.29, 1.82) is 0 Å². The topological polar surface area (TPSA) is 85.1 Å². The van der Waals surface area contributed by atoms with Gasteiger partial charge in [-0.25, -0.2) is 18.1 Å². The summed E-state index contributed by atoms with van der Waals surface area (Å²) in [4.78, 5) is 3.88. The van der Waals surface area contributed by atoms with E-state index in [4.69, 9.17) is 5.73 Å². The van der Waals surface area contributed by atoms with E-state index >= 15 is 0 Å². The number of hydrogen-bond acceptors (Lipinski definition) is 4. The lowest BCUT2D eigenvalue weighted by Gasteiger charge is -2.16. The molecular weight excluding hydrogens is 342 g/mol. The number of nitrogen functional groups attached to an aromatic ring is 1. The largest absolute Gasteiger partial charge is 0.384 e. The van der Waals surface area contributed by atoms with Gasteiger partial charge in [0.25, 0.3) is 0 Å². The predicted octanol–water partition coefficient (Wildman–Crippen LogP) is 2.47. The molecule has 0 fully saturated rings. The molecule has 0 bridgehead atoms. The minimum Gasteiger partial charge on any atom is -0.384 e. The van der Waals surface area contributed by atoms with Crippen LogP contribution < -0.4 is 10.5 Å². The van der Waals surface area contributed by atoms with Crippen LogP contribution in [0.15, 0.2) is 52.0 Å². The van der Waals surface area contributed by atoms with E-state index in [9.17, 15) is 8.42 Å². The number of rotatable bonds is 4. The Balaban J connectivity index is 2.24. The van der Waals surface area contributed by atoms with E-state index in [0.29, 0.717) is 0 Å². The first kappa shape index (κ1) is 15.0. The Hall–Kier alpha value is -1.44. The molecule has 2 aromatic rings. The molecule has 0 aliphatic rings. The van der Waals surface area contributed by atoms with Gasteiger partial charge in [0.1, 0.15) is 10.7 Å². The molecule has 0 saturated carbocycles. The molecule has 0 amide bonds. The molecule has 0 aliphatic heterocycles. The van der Waals surface area contributed by atoms with Gasteiger partial charge in [0.05, 0.1) is 0 Å². The van der Waals surface area contributed by atoms with Crippen LogP contribution in [0.25, 0.3) is 0 Å². The van der Waals surface area contributed by atoms with Crippen LogP contribution in [-0.2, 0) is 10.0 Å². The second-order valence-electron chi connectivity index (χ2n) is 4.28. The minimum absolute atomic E-state index is 0.0885. The zero-order valence-electron chi connectivity index (χ0n) is 10.7. The highest BCUT2D eigenvalue weighted by Gasteiger charge is 2.19. The van der Waals surface area contributed by atoms with Gasteiger partial charge in [-0.05, 0) is 30.7 Å². The van der Waals surface area contributed by atoms with Crippen molar-refractivity contribution >= 4 is 31.8 Å². The number of halogens is 1. The second-order valence-corrected chi connectivity index (χ2v) is 6.85. The molecule has 1 aromatic heterocycles. The summed E-state index contributed by atoms with van der Waals surface area (Å²) in [6.07, 6.45) is 1.24. The smallest absolute Gasteiger partial charge is 0.242 e. The fourth-order valence-electron chi connectivity index (χ4n) is 1.74. The molecular formula is C13H14BrN3O2S. The molecule has 106 valence electrons. The van der Waals surface area contributed by atoms with Gasteiger partial charge in [-0.2, -0.15) is 0 Å². The lowest BCUT2D eigenvalue weighted by molar-refractivity contribution is 0.566. The fourth-order valence-corrected chi connectivity index (χ4v) is 3.54. The Morgan fingerprint density at radius 3 is 2.55 bits per heavy atom. The molecule has 1 heterocycles. The van der Waals surface area contributed by atoms with E-state index in [1.165, 1.54) is 18.3 Å². The average molecular weight is 356 g/mol. The van der Waals surface area contributed by atoms with Crippen molar-refractivity contribution in [3.63, 3.8) is 0 Å². The molecule has 0 spiro atoms. The Labute approximate surface area is 126 Å². The Bertz CT molecular complexity index is 702. The first-order valence-corrected chi connectivity index (χ1v) is 8.16. The SMILES string of the molecule is CC(NS(=O)(=O)c1ccc(N)nc1)c1ccccc1Br. The summed E-state index contributed by atoms with van der Waals surface area (Å²) >= 11 is 3.41. The fraction of sp³-hybridized carbons (Fsp3) is 0.154. The van der Waals surface area contributed by atoms with Gasteiger partial charge in [-0.1, -0.05) is 34.1 Å². The molecule has 0 saturated heterocycles. The lowest BCUT2D eigenvalue weighted by Crippen LogP contribution is -2.27.